The predicted molar refractivity (Wildman–Crippen MR) is 111 cm³/mol. The van der Waals surface area contributed by atoms with E-state index in [-0.39, 0.29) is 23.9 Å². The van der Waals surface area contributed by atoms with Crippen molar-refractivity contribution in [2.75, 3.05) is 0 Å². The molecule has 0 atom stereocenters. The number of rotatable bonds is 5. The lowest BCUT2D eigenvalue weighted by Crippen LogP contribution is -2.09. The SMILES string of the molecule is CC(C)C(=O)c1ccnc2c(CC(=O)c3ccc4ccncc4c3)cccc12. The van der Waals surface area contributed by atoms with Crippen LogP contribution in [0.25, 0.3) is 21.7 Å². The number of carbonyl (C=O) groups is 2. The molecule has 0 saturated carbocycles. The summed E-state index contributed by atoms with van der Waals surface area (Å²) in [6.07, 6.45) is 5.38. The number of benzene rings is 2. The van der Waals surface area contributed by atoms with Crippen molar-refractivity contribution < 1.29 is 9.59 Å². The Morgan fingerprint density at radius 2 is 1.82 bits per heavy atom. The summed E-state index contributed by atoms with van der Waals surface area (Å²) in [5, 5.41) is 2.79. The number of ketones is 2. The van der Waals surface area contributed by atoms with Crippen molar-refractivity contribution in [3.63, 3.8) is 0 Å². The molecule has 0 unspecified atom stereocenters. The van der Waals surface area contributed by atoms with E-state index in [4.69, 9.17) is 0 Å². The molecule has 0 bridgehead atoms. The van der Waals surface area contributed by atoms with E-state index in [1.807, 2.05) is 56.3 Å². The smallest absolute Gasteiger partial charge is 0.167 e. The molecule has 28 heavy (non-hydrogen) atoms. The van der Waals surface area contributed by atoms with Crippen molar-refractivity contribution in [1.29, 1.82) is 0 Å². The largest absolute Gasteiger partial charge is 0.294 e. The van der Waals surface area contributed by atoms with Gasteiger partial charge in [-0.25, -0.2) is 0 Å². The minimum absolute atomic E-state index is 0.0145. The van der Waals surface area contributed by atoms with Crippen molar-refractivity contribution in [2.24, 2.45) is 5.92 Å². The van der Waals surface area contributed by atoms with E-state index in [2.05, 4.69) is 9.97 Å². The Morgan fingerprint density at radius 3 is 2.64 bits per heavy atom. The molecule has 2 aromatic heterocycles. The van der Waals surface area contributed by atoms with Crippen LogP contribution in [0.1, 0.15) is 40.1 Å². The number of fused-ring (bicyclic) bond motifs is 2. The van der Waals surface area contributed by atoms with E-state index >= 15 is 0 Å². The third kappa shape index (κ3) is 3.29. The summed E-state index contributed by atoms with van der Waals surface area (Å²) in [5.41, 5.74) is 2.84. The molecule has 4 heteroatoms. The summed E-state index contributed by atoms with van der Waals surface area (Å²) >= 11 is 0. The highest BCUT2D eigenvalue weighted by molar-refractivity contribution is 6.09. The van der Waals surface area contributed by atoms with Crippen LogP contribution in [-0.2, 0) is 6.42 Å². The topological polar surface area (TPSA) is 59.9 Å². The van der Waals surface area contributed by atoms with E-state index < -0.39 is 0 Å². The molecule has 2 aromatic carbocycles. The minimum Gasteiger partial charge on any atom is -0.294 e. The molecule has 4 rings (SSSR count). The van der Waals surface area contributed by atoms with Gasteiger partial charge in [-0.3, -0.25) is 19.6 Å². The Morgan fingerprint density at radius 1 is 0.964 bits per heavy atom. The van der Waals surface area contributed by atoms with Gasteiger partial charge in [-0.05, 0) is 29.1 Å². The average molecular weight is 368 g/mol. The molecular formula is C24H20N2O2. The summed E-state index contributed by atoms with van der Waals surface area (Å²) in [6.45, 7) is 3.77. The van der Waals surface area contributed by atoms with Crippen LogP contribution >= 0.6 is 0 Å². The molecule has 0 spiro atoms. The van der Waals surface area contributed by atoms with Crippen molar-refractivity contribution in [1.82, 2.24) is 9.97 Å². The van der Waals surface area contributed by atoms with E-state index in [1.165, 1.54) is 0 Å². The highest BCUT2D eigenvalue weighted by Crippen LogP contribution is 2.24. The number of hydrogen-bond donors (Lipinski definition) is 0. The van der Waals surface area contributed by atoms with Crippen molar-refractivity contribution >= 4 is 33.2 Å². The molecule has 0 fully saturated rings. The van der Waals surface area contributed by atoms with Crippen molar-refractivity contribution in [2.45, 2.75) is 20.3 Å². The maximum Gasteiger partial charge on any atom is 0.167 e. The highest BCUT2D eigenvalue weighted by atomic mass is 16.1. The Bertz CT molecular complexity index is 1210. The van der Waals surface area contributed by atoms with Gasteiger partial charge >= 0.3 is 0 Å². The zero-order valence-electron chi connectivity index (χ0n) is 15.8. The van der Waals surface area contributed by atoms with E-state index in [0.29, 0.717) is 16.6 Å². The fourth-order valence-corrected chi connectivity index (χ4v) is 3.44. The van der Waals surface area contributed by atoms with Gasteiger partial charge in [-0.15, -0.1) is 0 Å². The lowest BCUT2D eigenvalue weighted by Gasteiger charge is -2.11. The van der Waals surface area contributed by atoms with Crippen LogP contribution in [0.5, 0.6) is 0 Å². The number of aromatic nitrogens is 2. The molecule has 0 amide bonds. The normalized spacial score (nSPS) is 11.2. The Labute approximate surface area is 163 Å². The summed E-state index contributed by atoms with van der Waals surface area (Å²) in [6, 6.07) is 15.0. The summed E-state index contributed by atoms with van der Waals surface area (Å²) in [4.78, 5) is 34.0. The molecule has 0 aliphatic heterocycles. The average Bonchev–Trinajstić information content (AvgIpc) is 2.72. The quantitative estimate of drug-likeness (QED) is 0.463. The first-order chi connectivity index (χ1) is 13.5. The molecule has 2 heterocycles. The molecular weight excluding hydrogens is 348 g/mol. The van der Waals surface area contributed by atoms with Crippen LogP contribution in [0.2, 0.25) is 0 Å². The van der Waals surface area contributed by atoms with E-state index in [1.54, 1.807) is 24.7 Å². The first-order valence-corrected chi connectivity index (χ1v) is 9.32. The Kier molecular flexibility index (Phi) is 4.70. The molecule has 0 saturated heterocycles. The summed E-state index contributed by atoms with van der Waals surface area (Å²) < 4.78 is 0. The second-order valence-electron chi connectivity index (χ2n) is 7.23. The third-order valence-corrected chi connectivity index (χ3v) is 4.96. The summed E-state index contributed by atoms with van der Waals surface area (Å²) in [5.74, 6) is 0.000597. The zero-order chi connectivity index (χ0) is 19.7. The van der Waals surface area contributed by atoms with Crippen LogP contribution in [0.15, 0.2) is 67.1 Å². The third-order valence-electron chi connectivity index (χ3n) is 4.96. The number of Topliss-reactive ketones (excluding diaryl/α,β-unsaturated/α-hetero) is 2. The van der Waals surface area contributed by atoms with Gasteiger partial charge in [0.2, 0.25) is 0 Å². The first-order valence-electron chi connectivity index (χ1n) is 9.32. The Balaban J connectivity index is 1.72. The lowest BCUT2D eigenvalue weighted by atomic mass is 9.94. The van der Waals surface area contributed by atoms with Crippen molar-refractivity contribution in [3.8, 4) is 0 Å². The standard InChI is InChI=1S/C24H20N2O2/c1-15(2)24(28)21-9-11-26-23-18(4-3-5-20(21)23)13-22(27)17-7-6-16-8-10-25-14-19(16)12-17/h3-12,14-15H,13H2,1-2H3. The molecule has 0 N–H and O–H groups in total. The van der Waals surface area contributed by atoms with Gasteiger partial charge in [0.1, 0.15) is 0 Å². The number of pyridine rings is 2. The highest BCUT2D eigenvalue weighted by Gasteiger charge is 2.17. The minimum atomic E-state index is -0.0953. The van der Waals surface area contributed by atoms with Crippen molar-refractivity contribution in [3.05, 3.63) is 83.8 Å². The maximum atomic E-state index is 12.9. The van der Waals surface area contributed by atoms with Crippen LogP contribution in [-0.4, -0.2) is 21.5 Å². The van der Waals surface area contributed by atoms with E-state index in [0.717, 1.165) is 21.7 Å². The molecule has 0 radical (unpaired) electrons. The van der Waals surface area contributed by atoms with Gasteiger partial charge in [0.05, 0.1) is 5.52 Å². The Hall–Kier alpha value is -3.40. The fourth-order valence-electron chi connectivity index (χ4n) is 3.44. The van der Waals surface area contributed by atoms with Gasteiger partial charge in [-0.1, -0.05) is 44.2 Å². The number of para-hydroxylation sites is 1. The van der Waals surface area contributed by atoms with Gasteiger partial charge in [0, 0.05) is 52.8 Å². The van der Waals surface area contributed by atoms with Crippen LogP contribution in [0.3, 0.4) is 0 Å². The number of hydrogen-bond acceptors (Lipinski definition) is 4. The van der Waals surface area contributed by atoms with Gasteiger partial charge < -0.3 is 0 Å². The van der Waals surface area contributed by atoms with E-state index in [9.17, 15) is 9.59 Å². The van der Waals surface area contributed by atoms with Gasteiger partial charge in [0.15, 0.2) is 11.6 Å². The summed E-state index contributed by atoms with van der Waals surface area (Å²) in [7, 11) is 0. The van der Waals surface area contributed by atoms with Crippen LogP contribution in [0.4, 0.5) is 0 Å². The maximum absolute atomic E-state index is 12.9. The molecule has 4 nitrogen and oxygen atoms in total. The zero-order valence-corrected chi connectivity index (χ0v) is 15.8. The second-order valence-corrected chi connectivity index (χ2v) is 7.23. The molecule has 0 aliphatic rings. The first kappa shape index (κ1) is 18.0. The monoisotopic (exact) mass is 368 g/mol. The molecule has 4 aromatic rings. The second kappa shape index (κ2) is 7.31. The molecule has 0 aliphatic carbocycles. The lowest BCUT2D eigenvalue weighted by molar-refractivity contribution is 0.0940. The number of nitrogens with zero attached hydrogens (tertiary/aromatic N) is 2. The number of carbonyl (C=O) groups excluding carboxylic acids is 2. The molecule has 138 valence electrons. The van der Waals surface area contributed by atoms with Crippen LogP contribution in [0, 0.1) is 5.92 Å². The fraction of sp³-hybridized carbons (Fsp3) is 0.167. The predicted octanol–water partition coefficient (Wildman–Crippen LogP) is 5.05. The van der Waals surface area contributed by atoms with Crippen LogP contribution < -0.4 is 0 Å². The van der Waals surface area contributed by atoms with Gasteiger partial charge in [-0.2, -0.15) is 0 Å². The van der Waals surface area contributed by atoms with Gasteiger partial charge in [0.25, 0.3) is 0 Å².